The van der Waals surface area contributed by atoms with E-state index in [2.05, 4.69) is 6.92 Å². The summed E-state index contributed by atoms with van der Waals surface area (Å²) >= 11 is 0. The first kappa shape index (κ1) is 14.1. The highest BCUT2D eigenvalue weighted by Gasteiger charge is 2.29. The molecule has 0 amide bonds. The minimum Gasteiger partial charge on any atom is -0.496 e. The molecule has 1 saturated carbocycles. The zero-order valence-corrected chi connectivity index (χ0v) is 12.0. The van der Waals surface area contributed by atoms with Crippen LogP contribution in [0.15, 0.2) is 24.3 Å². The molecule has 1 aromatic rings. The molecule has 2 unspecified atom stereocenters. The number of ketones is 1. The SMILES string of the molecule is CCC1CCCCC1C(=O)Cc1ccccc1OC. The molecule has 1 fully saturated rings. The maximum atomic E-state index is 12.5. The molecule has 0 bridgehead atoms. The van der Waals surface area contributed by atoms with Crippen molar-refractivity contribution in [2.45, 2.75) is 45.4 Å². The molecule has 0 aromatic heterocycles. The van der Waals surface area contributed by atoms with E-state index in [1.807, 2.05) is 24.3 Å². The first-order chi connectivity index (χ1) is 9.26. The van der Waals surface area contributed by atoms with Gasteiger partial charge in [-0.3, -0.25) is 4.79 Å². The molecule has 0 N–H and O–H groups in total. The zero-order chi connectivity index (χ0) is 13.7. The number of carbonyl (C=O) groups excluding carboxylic acids is 1. The van der Waals surface area contributed by atoms with Crippen LogP contribution < -0.4 is 4.74 Å². The zero-order valence-electron chi connectivity index (χ0n) is 12.0. The van der Waals surface area contributed by atoms with E-state index in [9.17, 15) is 4.79 Å². The first-order valence-electron chi connectivity index (χ1n) is 7.40. The van der Waals surface area contributed by atoms with Gasteiger partial charge in [-0.15, -0.1) is 0 Å². The maximum absolute atomic E-state index is 12.5. The molecule has 0 heterocycles. The summed E-state index contributed by atoms with van der Waals surface area (Å²) in [6.45, 7) is 2.21. The van der Waals surface area contributed by atoms with Crippen molar-refractivity contribution in [3.8, 4) is 5.75 Å². The second kappa shape index (κ2) is 6.74. The summed E-state index contributed by atoms with van der Waals surface area (Å²) in [5, 5.41) is 0. The molecule has 0 radical (unpaired) electrons. The van der Waals surface area contributed by atoms with Gasteiger partial charge in [-0.2, -0.15) is 0 Å². The van der Waals surface area contributed by atoms with Gasteiger partial charge in [0.2, 0.25) is 0 Å². The number of carbonyl (C=O) groups is 1. The fourth-order valence-electron chi connectivity index (χ4n) is 3.29. The standard InChI is InChI=1S/C17H24O2/c1-3-13-8-4-6-10-15(13)16(18)12-14-9-5-7-11-17(14)19-2/h5,7,9,11,13,15H,3-4,6,8,10,12H2,1-2H3. The summed E-state index contributed by atoms with van der Waals surface area (Å²) in [7, 11) is 1.67. The minimum atomic E-state index is 0.267. The van der Waals surface area contributed by atoms with E-state index in [-0.39, 0.29) is 5.92 Å². The topological polar surface area (TPSA) is 26.3 Å². The Labute approximate surface area is 116 Å². The lowest BCUT2D eigenvalue weighted by Crippen LogP contribution is -2.28. The number of rotatable bonds is 5. The molecule has 2 atom stereocenters. The van der Waals surface area contributed by atoms with Gasteiger partial charge in [0, 0.05) is 17.9 Å². The van der Waals surface area contributed by atoms with Crippen molar-refractivity contribution in [2.75, 3.05) is 7.11 Å². The van der Waals surface area contributed by atoms with Crippen molar-refractivity contribution in [3.05, 3.63) is 29.8 Å². The van der Waals surface area contributed by atoms with E-state index in [1.54, 1.807) is 7.11 Å². The van der Waals surface area contributed by atoms with Crippen molar-refractivity contribution in [2.24, 2.45) is 11.8 Å². The first-order valence-corrected chi connectivity index (χ1v) is 7.40. The van der Waals surface area contributed by atoms with E-state index < -0.39 is 0 Å². The van der Waals surface area contributed by atoms with Crippen molar-refractivity contribution in [1.82, 2.24) is 0 Å². The number of para-hydroxylation sites is 1. The Morgan fingerprint density at radius 2 is 2.00 bits per heavy atom. The van der Waals surface area contributed by atoms with Crippen molar-refractivity contribution >= 4 is 5.78 Å². The Balaban J connectivity index is 2.07. The molecule has 0 saturated heterocycles. The summed E-state index contributed by atoms with van der Waals surface area (Å²) in [4.78, 5) is 12.5. The van der Waals surface area contributed by atoms with Crippen LogP contribution in [0.3, 0.4) is 0 Å². The number of benzene rings is 1. The molecule has 0 aliphatic heterocycles. The molecule has 2 nitrogen and oxygen atoms in total. The summed E-state index contributed by atoms with van der Waals surface area (Å²) in [6.07, 6.45) is 6.44. The van der Waals surface area contributed by atoms with Crippen LogP contribution >= 0.6 is 0 Å². The van der Waals surface area contributed by atoms with Gasteiger partial charge in [-0.1, -0.05) is 44.4 Å². The molecule has 2 rings (SSSR count). The monoisotopic (exact) mass is 260 g/mol. The highest BCUT2D eigenvalue weighted by atomic mass is 16.5. The lowest BCUT2D eigenvalue weighted by Gasteiger charge is -2.29. The number of hydrogen-bond donors (Lipinski definition) is 0. The van der Waals surface area contributed by atoms with Gasteiger partial charge in [0.1, 0.15) is 11.5 Å². The number of methoxy groups -OCH3 is 1. The Kier molecular flexibility index (Phi) is 5.00. The van der Waals surface area contributed by atoms with Crippen LogP contribution in [0.2, 0.25) is 0 Å². The van der Waals surface area contributed by atoms with Crippen molar-refractivity contribution in [3.63, 3.8) is 0 Å². The molecule has 0 spiro atoms. The Bertz CT molecular complexity index is 425. The van der Waals surface area contributed by atoms with Crippen LogP contribution in [-0.4, -0.2) is 12.9 Å². The van der Waals surface area contributed by atoms with Crippen LogP contribution in [0.25, 0.3) is 0 Å². The third-order valence-electron chi connectivity index (χ3n) is 4.40. The minimum absolute atomic E-state index is 0.267. The molecule has 2 heteroatoms. The van der Waals surface area contributed by atoms with Gasteiger partial charge >= 0.3 is 0 Å². The molecule has 1 aliphatic rings. The maximum Gasteiger partial charge on any atom is 0.140 e. The molecular weight excluding hydrogens is 236 g/mol. The molecule has 19 heavy (non-hydrogen) atoms. The lowest BCUT2D eigenvalue weighted by molar-refractivity contribution is -0.125. The van der Waals surface area contributed by atoms with Gasteiger partial charge in [0.05, 0.1) is 7.11 Å². The van der Waals surface area contributed by atoms with Gasteiger partial charge in [0.25, 0.3) is 0 Å². The smallest absolute Gasteiger partial charge is 0.140 e. The second-order valence-electron chi connectivity index (χ2n) is 5.51. The fourth-order valence-corrected chi connectivity index (χ4v) is 3.29. The van der Waals surface area contributed by atoms with Crippen molar-refractivity contribution in [1.29, 1.82) is 0 Å². The van der Waals surface area contributed by atoms with Crippen LogP contribution in [0.1, 0.15) is 44.6 Å². The highest BCUT2D eigenvalue weighted by Crippen LogP contribution is 2.34. The predicted molar refractivity (Wildman–Crippen MR) is 77.4 cm³/mol. The number of hydrogen-bond acceptors (Lipinski definition) is 2. The number of Topliss-reactive ketones (excluding diaryl/α,β-unsaturated/α-hetero) is 1. The van der Waals surface area contributed by atoms with Gasteiger partial charge < -0.3 is 4.74 Å². The third kappa shape index (κ3) is 3.37. The summed E-state index contributed by atoms with van der Waals surface area (Å²) in [5.41, 5.74) is 1.02. The molecule has 1 aliphatic carbocycles. The van der Waals surface area contributed by atoms with Crippen LogP contribution in [0.5, 0.6) is 5.75 Å². The van der Waals surface area contributed by atoms with E-state index in [0.29, 0.717) is 18.1 Å². The van der Waals surface area contributed by atoms with Crippen LogP contribution in [0.4, 0.5) is 0 Å². The Hall–Kier alpha value is -1.31. The average Bonchev–Trinajstić information content (AvgIpc) is 2.47. The van der Waals surface area contributed by atoms with E-state index >= 15 is 0 Å². The highest BCUT2D eigenvalue weighted by molar-refractivity contribution is 5.84. The Morgan fingerprint density at radius 1 is 1.26 bits per heavy atom. The summed E-state index contributed by atoms with van der Waals surface area (Å²) in [5.74, 6) is 2.09. The second-order valence-corrected chi connectivity index (χ2v) is 5.51. The quantitative estimate of drug-likeness (QED) is 0.799. The fraction of sp³-hybridized carbons (Fsp3) is 0.588. The summed E-state index contributed by atoms with van der Waals surface area (Å²) in [6, 6.07) is 7.85. The van der Waals surface area contributed by atoms with E-state index in [0.717, 1.165) is 24.2 Å². The van der Waals surface area contributed by atoms with Gasteiger partial charge in [-0.05, 0) is 24.8 Å². The van der Waals surface area contributed by atoms with Crippen LogP contribution in [0, 0.1) is 11.8 Å². The largest absolute Gasteiger partial charge is 0.496 e. The third-order valence-corrected chi connectivity index (χ3v) is 4.40. The van der Waals surface area contributed by atoms with E-state index in [1.165, 1.54) is 19.3 Å². The van der Waals surface area contributed by atoms with Gasteiger partial charge in [-0.25, -0.2) is 0 Å². The Morgan fingerprint density at radius 3 is 2.74 bits per heavy atom. The normalized spacial score (nSPS) is 23.1. The van der Waals surface area contributed by atoms with Gasteiger partial charge in [0.15, 0.2) is 0 Å². The summed E-state index contributed by atoms with van der Waals surface area (Å²) < 4.78 is 5.33. The average molecular weight is 260 g/mol. The lowest BCUT2D eigenvalue weighted by atomic mass is 9.74. The van der Waals surface area contributed by atoms with E-state index in [4.69, 9.17) is 4.74 Å². The molecular formula is C17H24O2. The molecule has 1 aromatic carbocycles. The van der Waals surface area contributed by atoms with Crippen molar-refractivity contribution < 1.29 is 9.53 Å². The van der Waals surface area contributed by atoms with Crippen LogP contribution in [-0.2, 0) is 11.2 Å². The molecule has 104 valence electrons. The predicted octanol–water partition coefficient (Wildman–Crippen LogP) is 4.02. The number of ether oxygens (including phenoxy) is 1.